The Morgan fingerprint density at radius 3 is 3.29 bits per heavy atom. The van der Waals surface area contributed by atoms with E-state index in [1.807, 2.05) is 13.0 Å². The molecule has 0 saturated carbocycles. The number of carbonyl (C=O) groups excluding carboxylic acids is 1. The molecule has 0 aromatic carbocycles. The van der Waals surface area contributed by atoms with Gasteiger partial charge in [0, 0.05) is 24.3 Å². The van der Waals surface area contributed by atoms with Gasteiger partial charge in [-0.05, 0) is 18.7 Å². The maximum Gasteiger partial charge on any atom is 0.341 e. The van der Waals surface area contributed by atoms with Crippen LogP contribution in [-0.4, -0.2) is 53.4 Å². The summed E-state index contributed by atoms with van der Waals surface area (Å²) in [7, 11) is 0. The van der Waals surface area contributed by atoms with Crippen molar-refractivity contribution in [2.24, 2.45) is 0 Å². The first kappa shape index (κ1) is 13.9. The summed E-state index contributed by atoms with van der Waals surface area (Å²) in [6.07, 6.45) is 4.53. The number of esters is 1. The van der Waals surface area contributed by atoms with E-state index in [2.05, 4.69) is 14.9 Å². The van der Waals surface area contributed by atoms with Crippen LogP contribution in [-0.2, 0) is 9.47 Å². The normalized spacial score (nSPS) is 19.6. The number of likely N-dealkylation sites (N-methyl/N-ethyl adjacent to an activating group) is 1. The first-order valence-corrected chi connectivity index (χ1v) is 7.00. The molecule has 1 aliphatic rings. The van der Waals surface area contributed by atoms with Crippen molar-refractivity contribution in [2.75, 3.05) is 26.3 Å². The quantitative estimate of drug-likeness (QED) is 0.796. The van der Waals surface area contributed by atoms with Gasteiger partial charge in [0.25, 0.3) is 0 Å². The molecule has 1 fully saturated rings. The summed E-state index contributed by atoms with van der Waals surface area (Å²) < 4.78 is 10.9. The number of morpholine rings is 1. The van der Waals surface area contributed by atoms with Crippen LogP contribution < -0.4 is 0 Å². The Kier molecular flexibility index (Phi) is 4.08. The fourth-order valence-electron chi connectivity index (χ4n) is 2.36. The lowest BCUT2D eigenvalue weighted by Gasteiger charge is -2.33. The lowest BCUT2D eigenvalue weighted by atomic mass is 10.2. The maximum absolute atomic E-state index is 12.3. The van der Waals surface area contributed by atoms with Crippen LogP contribution in [0.15, 0.2) is 30.7 Å². The van der Waals surface area contributed by atoms with Crippen molar-refractivity contribution in [3.8, 4) is 0 Å². The molecule has 2 aromatic heterocycles. The van der Waals surface area contributed by atoms with Gasteiger partial charge in [-0.1, -0.05) is 6.92 Å². The van der Waals surface area contributed by atoms with E-state index < -0.39 is 0 Å². The van der Waals surface area contributed by atoms with E-state index in [1.165, 1.54) is 6.20 Å². The van der Waals surface area contributed by atoms with Crippen LogP contribution in [0.4, 0.5) is 0 Å². The Labute approximate surface area is 122 Å². The second-order valence-electron chi connectivity index (χ2n) is 4.86. The van der Waals surface area contributed by atoms with Crippen molar-refractivity contribution < 1.29 is 14.3 Å². The molecule has 1 atom stereocenters. The Balaban J connectivity index is 1.76. The summed E-state index contributed by atoms with van der Waals surface area (Å²) in [5, 5.41) is 0.867. The molecule has 2 aromatic rings. The third kappa shape index (κ3) is 3.01. The largest absolute Gasteiger partial charge is 0.440 e. The van der Waals surface area contributed by atoms with Crippen molar-refractivity contribution in [1.82, 2.24) is 14.9 Å². The number of nitrogens with zero attached hydrogens (tertiary/aromatic N) is 3. The summed E-state index contributed by atoms with van der Waals surface area (Å²) in [5.41, 5.74) is 1.19. The van der Waals surface area contributed by atoms with E-state index in [4.69, 9.17) is 9.47 Å². The third-order valence-electron chi connectivity index (χ3n) is 3.56. The molecule has 0 N–H and O–H groups in total. The van der Waals surface area contributed by atoms with Crippen LogP contribution in [0.2, 0.25) is 0 Å². The topological polar surface area (TPSA) is 64.6 Å². The van der Waals surface area contributed by atoms with E-state index in [0.717, 1.165) is 24.0 Å². The van der Waals surface area contributed by atoms with Crippen molar-refractivity contribution >= 4 is 16.9 Å². The summed E-state index contributed by atoms with van der Waals surface area (Å²) in [4.78, 5) is 22.6. The lowest BCUT2D eigenvalue weighted by Crippen LogP contribution is -2.47. The van der Waals surface area contributed by atoms with Crippen LogP contribution in [0, 0.1) is 0 Å². The van der Waals surface area contributed by atoms with E-state index in [9.17, 15) is 4.79 Å². The minimum atomic E-state index is -0.379. The number of hydrogen-bond acceptors (Lipinski definition) is 6. The molecule has 110 valence electrons. The summed E-state index contributed by atoms with van der Waals surface area (Å²) >= 11 is 0. The van der Waals surface area contributed by atoms with Gasteiger partial charge < -0.3 is 9.47 Å². The molecule has 6 nitrogen and oxygen atoms in total. The highest BCUT2D eigenvalue weighted by atomic mass is 16.6. The van der Waals surface area contributed by atoms with Crippen molar-refractivity contribution in [1.29, 1.82) is 0 Å². The number of hydrogen-bond donors (Lipinski definition) is 0. The number of ether oxygens (including phenoxy) is 2. The van der Waals surface area contributed by atoms with Crippen LogP contribution in [0.5, 0.6) is 0 Å². The van der Waals surface area contributed by atoms with Crippen LogP contribution >= 0.6 is 0 Å². The summed E-state index contributed by atoms with van der Waals surface area (Å²) in [6, 6.07) is 3.59. The molecule has 3 rings (SSSR count). The van der Waals surface area contributed by atoms with E-state index in [-0.39, 0.29) is 12.2 Å². The van der Waals surface area contributed by atoms with Crippen LogP contribution in [0.1, 0.15) is 17.3 Å². The highest BCUT2D eigenvalue weighted by Gasteiger charge is 2.25. The molecule has 0 amide bonds. The van der Waals surface area contributed by atoms with Gasteiger partial charge in [0.1, 0.15) is 0 Å². The molecule has 21 heavy (non-hydrogen) atoms. The SMILES string of the molecule is CCN1CCOCC1OC(=O)c1cnc2cnccc2c1. The van der Waals surface area contributed by atoms with Gasteiger partial charge in [0.05, 0.1) is 30.5 Å². The van der Waals surface area contributed by atoms with Gasteiger partial charge in [-0.15, -0.1) is 0 Å². The molecule has 0 radical (unpaired) electrons. The first-order chi connectivity index (χ1) is 10.3. The second kappa shape index (κ2) is 6.15. The monoisotopic (exact) mass is 287 g/mol. The highest BCUT2D eigenvalue weighted by Crippen LogP contribution is 2.15. The van der Waals surface area contributed by atoms with Gasteiger partial charge in [0.15, 0.2) is 6.23 Å². The van der Waals surface area contributed by atoms with E-state index in [1.54, 1.807) is 18.5 Å². The zero-order chi connectivity index (χ0) is 14.7. The number of carbonyl (C=O) groups is 1. The Morgan fingerprint density at radius 1 is 1.52 bits per heavy atom. The molecular weight excluding hydrogens is 270 g/mol. The zero-order valence-electron chi connectivity index (χ0n) is 11.9. The molecule has 0 spiro atoms. The molecule has 1 saturated heterocycles. The van der Waals surface area contributed by atoms with Crippen LogP contribution in [0.3, 0.4) is 0 Å². The van der Waals surface area contributed by atoms with Crippen molar-refractivity contribution in [2.45, 2.75) is 13.2 Å². The predicted octanol–water partition coefficient (Wildman–Crippen LogP) is 1.46. The Hall–Kier alpha value is -2.05. The number of rotatable bonds is 3. The second-order valence-corrected chi connectivity index (χ2v) is 4.86. The number of aromatic nitrogens is 2. The van der Waals surface area contributed by atoms with E-state index in [0.29, 0.717) is 18.8 Å². The van der Waals surface area contributed by atoms with Gasteiger partial charge in [-0.25, -0.2) is 4.79 Å². The lowest BCUT2D eigenvalue weighted by molar-refractivity contribution is -0.111. The Morgan fingerprint density at radius 2 is 2.43 bits per heavy atom. The molecular formula is C15H17N3O3. The smallest absolute Gasteiger partial charge is 0.341 e. The minimum absolute atomic E-state index is 0.329. The molecule has 0 aliphatic carbocycles. The molecule has 3 heterocycles. The van der Waals surface area contributed by atoms with Crippen LogP contribution in [0.25, 0.3) is 10.9 Å². The number of fused-ring (bicyclic) bond motifs is 1. The van der Waals surface area contributed by atoms with E-state index >= 15 is 0 Å². The molecule has 1 unspecified atom stereocenters. The number of pyridine rings is 2. The van der Waals surface area contributed by atoms with Gasteiger partial charge in [-0.2, -0.15) is 0 Å². The molecule has 6 heteroatoms. The minimum Gasteiger partial charge on any atom is -0.440 e. The maximum atomic E-state index is 12.3. The van der Waals surface area contributed by atoms with Crippen molar-refractivity contribution in [3.05, 3.63) is 36.3 Å². The first-order valence-electron chi connectivity index (χ1n) is 7.00. The fraction of sp³-hybridized carbons (Fsp3) is 0.400. The van der Waals surface area contributed by atoms with Gasteiger partial charge in [-0.3, -0.25) is 14.9 Å². The third-order valence-corrected chi connectivity index (χ3v) is 3.56. The predicted molar refractivity (Wildman–Crippen MR) is 76.8 cm³/mol. The Bertz CT molecular complexity index is 647. The molecule has 1 aliphatic heterocycles. The summed E-state index contributed by atoms with van der Waals surface area (Å²) in [6.45, 7) is 4.71. The van der Waals surface area contributed by atoms with Gasteiger partial charge >= 0.3 is 5.97 Å². The highest BCUT2D eigenvalue weighted by molar-refractivity contribution is 5.93. The average molecular weight is 287 g/mol. The van der Waals surface area contributed by atoms with Crippen molar-refractivity contribution in [3.63, 3.8) is 0 Å². The summed E-state index contributed by atoms with van der Waals surface area (Å²) in [5.74, 6) is -0.379. The average Bonchev–Trinajstić information content (AvgIpc) is 2.55. The fourth-order valence-corrected chi connectivity index (χ4v) is 2.36. The molecule has 0 bridgehead atoms. The van der Waals surface area contributed by atoms with Gasteiger partial charge in [0.2, 0.25) is 0 Å². The standard InChI is InChI=1S/C15H17N3O3/c1-2-18-5-6-20-10-14(18)21-15(19)12-7-11-3-4-16-9-13(11)17-8-12/h3-4,7-9,14H,2,5-6,10H2,1H3. The zero-order valence-corrected chi connectivity index (χ0v) is 11.9.